The van der Waals surface area contributed by atoms with Gasteiger partial charge in [0.1, 0.15) is 11.8 Å². The number of likely N-dealkylation sites (tertiary alicyclic amines) is 1. The van der Waals surface area contributed by atoms with Crippen LogP contribution in [0, 0.1) is 5.92 Å². The van der Waals surface area contributed by atoms with Crippen LogP contribution in [0.5, 0.6) is 0 Å². The summed E-state index contributed by atoms with van der Waals surface area (Å²) in [5.74, 6) is -0.954. The first kappa shape index (κ1) is 19.6. The van der Waals surface area contributed by atoms with Crippen LogP contribution in [0.4, 0.5) is 0 Å². The normalized spacial score (nSPS) is 22.0. The summed E-state index contributed by atoms with van der Waals surface area (Å²) < 4.78 is 0. The molecular formula is C17H30N2O4. The Morgan fingerprint density at radius 3 is 2.04 bits per heavy atom. The number of carboxylic acids is 1. The summed E-state index contributed by atoms with van der Waals surface area (Å²) in [6.45, 7) is 11.7. The molecule has 1 atom stereocenters. The Bertz CT molecular complexity index is 463. The second-order valence-corrected chi connectivity index (χ2v) is 8.19. The minimum absolute atomic E-state index is 0.0924. The molecule has 0 aliphatic carbocycles. The Kier molecular flexibility index (Phi) is 5.96. The monoisotopic (exact) mass is 326 g/mol. The van der Waals surface area contributed by atoms with Crippen molar-refractivity contribution in [3.8, 4) is 0 Å². The van der Waals surface area contributed by atoms with Gasteiger partial charge in [0.15, 0.2) is 0 Å². The number of piperidine rings is 1. The van der Waals surface area contributed by atoms with Crippen LogP contribution in [0.2, 0.25) is 0 Å². The van der Waals surface area contributed by atoms with Crippen LogP contribution in [-0.2, 0) is 14.4 Å². The number of hydrogen-bond acceptors (Lipinski definition) is 4. The van der Waals surface area contributed by atoms with E-state index in [1.807, 2.05) is 46.4 Å². The van der Waals surface area contributed by atoms with Crippen molar-refractivity contribution in [1.29, 1.82) is 0 Å². The summed E-state index contributed by atoms with van der Waals surface area (Å²) >= 11 is 0. The maximum atomic E-state index is 12.4. The van der Waals surface area contributed by atoms with Crippen LogP contribution in [-0.4, -0.2) is 51.3 Å². The predicted octanol–water partition coefficient (Wildman–Crippen LogP) is 1.82. The SMILES string of the molecule is CC(C)CC(NC(=O)CN1C(C)(C)CC(=O)CC1(C)C)C(=O)O. The summed E-state index contributed by atoms with van der Waals surface area (Å²) in [6, 6.07) is -0.875. The highest BCUT2D eigenvalue weighted by Gasteiger charge is 2.45. The number of nitrogens with one attached hydrogen (secondary N) is 1. The molecule has 1 aliphatic heterocycles. The van der Waals surface area contributed by atoms with Gasteiger partial charge in [0, 0.05) is 23.9 Å². The highest BCUT2D eigenvalue weighted by Crippen LogP contribution is 2.36. The second kappa shape index (κ2) is 6.99. The number of aliphatic carboxylic acids is 1. The molecule has 0 aromatic carbocycles. The van der Waals surface area contributed by atoms with Crippen molar-refractivity contribution in [3.63, 3.8) is 0 Å². The van der Waals surface area contributed by atoms with E-state index in [-0.39, 0.29) is 24.2 Å². The van der Waals surface area contributed by atoms with Crippen LogP contribution in [0.25, 0.3) is 0 Å². The van der Waals surface area contributed by atoms with E-state index in [0.29, 0.717) is 19.3 Å². The van der Waals surface area contributed by atoms with Crippen molar-refractivity contribution in [2.45, 2.75) is 77.9 Å². The Labute approximate surface area is 138 Å². The number of carboxylic acid groups (broad SMARTS) is 1. The van der Waals surface area contributed by atoms with Crippen LogP contribution in [0.1, 0.15) is 60.8 Å². The first-order chi connectivity index (χ1) is 10.3. The van der Waals surface area contributed by atoms with E-state index < -0.39 is 23.1 Å². The fraction of sp³-hybridized carbons (Fsp3) is 0.824. The number of amides is 1. The van der Waals surface area contributed by atoms with Crippen LogP contribution < -0.4 is 5.32 Å². The third-order valence-electron chi connectivity index (χ3n) is 4.36. The third-order valence-corrected chi connectivity index (χ3v) is 4.36. The molecule has 1 aliphatic rings. The molecule has 1 unspecified atom stereocenters. The largest absolute Gasteiger partial charge is 0.480 e. The lowest BCUT2D eigenvalue weighted by atomic mass is 9.79. The van der Waals surface area contributed by atoms with Gasteiger partial charge in [-0.2, -0.15) is 0 Å². The molecule has 0 spiro atoms. The van der Waals surface area contributed by atoms with Crippen LogP contribution in [0.15, 0.2) is 0 Å². The van der Waals surface area contributed by atoms with Gasteiger partial charge in [0.2, 0.25) is 5.91 Å². The number of nitrogens with zero attached hydrogens (tertiary/aromatic N) is 1. The Hall–Kier alpha value is -1.43. The number of carbonyl (C=O) groups is 3. The number of ketones is 1. The molecule has 1 fully saturated rings. The minimum Gasteiger partial charge on any atom is -0.480 e. The van der Waals surface area contributed by atoms with Gasteiger partial charge in [-0.05, 0) is 40.0 Å². The number of Topliss-reactive ketones (excluding diaryl/α,β-unsaturated/α-hetero) is 1. The summed E-state index contributed by atoms with van der Waals surface area (Å²) in [7, 11) is 0. The van der Waals surface area contributed by atoms with Gasteiger partial charge in [0.05, 0.1) is 6.54 Å². The quantitative estimate of drug-likeness (QED) is 0.777. The molecule has 1 saturated heterocycles. The van der Waals surface area contributed by atoms with Gasteiger partial charge in [-0.15, -0.1) is 0 Å². The van der Waals surface area contributed by atoms with Crippen molar-refractivity contribution >= 4 is 17.7 Å². The summed E-state index contributed by atoms with van der Waals surface area (Å²) in [5, 5.41) is 11.9. The molecule has 0 bridgehead atoms. The maximum Gasteiger partial charge on any atom is 0.326 e. The lowest BCUT2D eigenvalue weighted by molar-refractivity contribution is -0.144. The zero-order valence-corrected chi connectivity index (χ0v) is 15.1. The number of carbonyl (C=O) groups excluding carboxylic acids is 2. The first-order valence-electron chi connectivity index (χ1n) is 8.17. The van der Waals surface area contributed by atoms with Gasteiger partial charge < -0.3 is 10.4 Å². The third kappa shape index (κ3) is 5.30. The highest BCUT2D eigenvalue weighted by molar-refractivity contribution is 5.86. The van der Waals surface area contributed by atoms with E-state index in [1.165, 1.54) is 0 Å². The van der Waals surface area contributed by atoms with Gasteiger partial charge >= 0.3 is 5.97 Å². The molecule has 132 valence electrons. The Morgan fingerprint density at radius 1 is 1.17 bits per heavy atom. The molecule has 23 heavy (non-hydrogen) atoms. The molecule has 1 rings (SSSR count). The average Bonchev–Trinajstić information content (AvgIpc) is 2.30. The molecule has 1 amide bonds. The minimum atomic E-state index is -1.01. The molecule has 0 radical (unpaired) electrons. The van der Waals surface area contributed by atoms with E-state index >= 15 is 0 Å². The van der Waals surface area contributed by atoms with E-state index in [2.05, 4.69) is 5.32 Å². The highest BCUT2D eigenvalue weighted by atomic mass is 16.4. The van der Waals surface area contributed by atoms with E-state index in [9.17, 15) is 19.5 Å². The predicted molar refractivity (Wildman–Crippen MR) is 88.1 cm³/mol. The van der Waals surface area contributed by atoms with Crippen LogP contribution in [0.3, 0.4) is 0 Å². The molecule has 6 heteroatoms. The van der Waals surface area contributed by atoms with E-state index in [4.69, 9.17) is 0 Å². The molecular weight excluding hydrogens is 296 g/mol. The van der Waals surface area contributed by atoms with Gasteiger partial charge in [-0.1, -0.05) is 13.8 Å². The van der Waals surface area contributed by atoms with Gasteiger partial charge in [0.25, 0.3) is 0 Å². The van der Waals surface area contributed by atoms with Crippen LogP contribution >= 0.6 is 0 Å². The lowest BCUT2D eigenvalue weighted by Crippen LogP contribution is -2.63. The Morgan fingerprint density at radius 2 is 1.65 bits per heavy atom. The smallest absolute Gasteiger partial charge is 0.326 e. The van der Waals surface area contributed by atoms with Crippen molar-refractivity contribution in [2.75, 3.05) is 6.54 Å². The molecule has 2 N–H and O–H groups in total. The molecule has 0 aromatic rings. The zero-order chi connectivity index (χ0) is 18.0. The molecule has 0 saturated carbocycles. The molecule has 1 heterocycles. The fourth-order valence-electron chi connectivity index (χ4n) is 3.54. The lowest BCUT2D eigenvalue weighted by Gasteiger charge is -2.51. The van der Waals surface area contributed by atoms with E-state index in [1.54, 1.807) is 0 Å². The average molecular weight is 326 g/mol. The van der Waals surface area contributed by atoms with Crippen molar-refractivity contribution in [3.05, 3.63) is 0 Å². The standard InChI is InChI=1S/C17H30N2O4/c1-11(2)7-13(15(22)23)18-14(21)10-19-16(3,4)8-12(20)9-17(19,5)6/h11,13H,7-10H2,1-6H3,(H,18,21)(H,22,23). The maximum absolute atomic E-state index is 12.4. The first-order valence-corrected chi connectivity index (χ1v) is 8.17. The van der Waals surface area contributed by atoms with E-state index in [0.717, 1.165) is 0 Å². The van der Waals surface area contributed by atoms with Gasteiger partial charge in [-0.3, -0.25) is 14.5 Å². The van der Waals surface area contributed by atoms with Crippen molar-refractivity contribution in [1.82, 2.24) is 10.2 Å². The number of hydrogen-bond donors (Lipinski definition) is 2. The Balaban J connectivity index is 2.81. The zero-order valence-electron chi connectivity index (χ0n) is 15.1. The second-order valence-electron chi connectivity index (χ2n) is 8.19. The summed E-state index contributed by atoms with van der Waals surface area (Å²) in [6.07, 6.45) is 1.20. The molecule has 0 aromatic heterocycles. The topological polar surface area (TPSA) is 86.7 Å². The summed E-state index contributed by atoms with van der Waals surface area (Å²) in [4.78, 5) is 37.6. The molecule has 6 nitrogen and oxygen atoms in total. The van der Waals surface area contributed by atoms with Crippen molar-refractivity contribution < 1.29 is 19.5 Å². The fourth-order valence-corrected chi connectivity index (χ4v) is 3.54. The summed E-state index contributed by atoms with van der Waals surface area (Å²) in [5.41, 5.74) is -0.847. The van der Waals surface area contributed by atoms with Gasteiger partial charge in [-0.25, -0.2) is 4.79 Å². The van der Waals surface area contributed by atoms with Crippen molar-refractivity contribution in [2.24, 2.45) is 5.92 Å². The number of rotatable bonds is 6.